The first-order chi connectivity index (χ1) is 29.4. The molecule has 2 aliphatic heterocycles. The van der Waals surface area contributed by atoms with Gasteiger partial charge in [-0.3, -0.25) is 14.4 Å². The maximum atomic E-state index is 12.9. The Hall–Kier alpha value is -2.11. The van der Waals surface area contributed by atoms with Crippen LogP contribution in [-0.2, 0) is 52.3 Å². The highest BCUT2D eigenvalue weighted by atomic mass is 16.7. The van der Waals surface area contributed by atoms with E-state index in [1.165, 1.54) is 0 Å². The zero-order chi connectivity index (χ0) is 46.1. The van der Waals surface area contributed by atoms with Crippen molar-refractivity contribution in [2.45, 2.75) is 127 Å². The summed E-state index contributed by atoms with van der Waals surface area (Å²) in [5.74, 6) is -3.91. The Bertz CT molecular complexity index is 1180. The third kappa shape index (κ3) is 16.1. The zero-order valence-corrected chi connectivity index (χ0v) is 36.2. The lowest BCUT2D eigenvalue weighted by Crippen LogP contribution is -2.59. The average Bonchev–Trinajstić information content (AvgIpc) is 3.23. The molecule has 0 aromatic heterocycles. The Kier molecular flexibility index (Phi) is 23.4. The topological polar surface area (TPSA) is 343 Å². The van der Waals surface area contributed by atoms with E-state index in [1.807, 2.05) is 13.8 Å². The van der Waals surface area contributed by atoms with Crippen LogP contribution in [0, 0.1) is 23.7 Å². The lowest BCUT2D eigenvalue weighted by Gasteiger charge is -2.40. The second kappa shape index (κ2) is 26.8. The lowest BCUT2D eigenvalue weighted by atomic mass is 9.77. The van der Waals surface area contributed by atoms with E-state index in [2.05, 4.69) is 16.0 Å². The second-order valence-electron chi connectivity index (χ2n) is 16.7. The standard InChI is InChI=1S/C39H71N3O20/c1-20(2)42-39(15-55-12-25(46)6-7-58-37-22(4)32(50)35(53)27(10-44)61-37,16-56-13-29(47)40-18-59-26-8-24(9-43)34(52)31(49)21(26)3)17-57-14-30(48)41-19-60-38-23(5)33(51)36(54)28(11-45)62-38/h20-24,26-28,31-38,42-45,49-54H,6-19H2,1-5H3,(H,40,47)(H,41,48)/t21?,22?,23?,24?,26-,27?,28?,31-,32-,33-,34+,35+,36+,37-,38-,39?/m1/s1. The van der Waals surface area contributed by atoms with Crippen molar-refractivity contribution in [1.82, 2.24) is 16.0 Å². The third-order valence-corrected chi connectivity index (χ3v) is 11.3. The van der Waals surface area contributed by atoms with Crippen LogP contribution in [0.15, 0.2) is 0 Å². The van der Waals surface area contributed by atoms with Gasteiger partial charge in [-0.15, -0.1) is 0 Å². The van der Waals surface area contributed by atoms with Crippen LogP contribution >= 0.6 is 0 Å². The van der Waals surface area contributed by atoms with Crippen LogP contribution in [-0.4, -0.2) is 222 Å². The molecule has 0 spiro atoms. The van der Waals surface area contributed by atoms with Gasteiger partial charge in [0.2, 0.25) is 11.8 Å². The van der Waals surface area contributed by atoms with E-state index in [0.717, 1.165) is 0 Å². The van der Waals surface area contributed by atoms with Crippen LogP contribution in [0.5, 0.6) is 0 Å². The summed E-state index contributed by atoms with van der Waals surface area (Å²) < 4.78 is 45.4. The summed E-state index contributed by atoms with van der Waals surface area (Å²) in [5.41, 5.74) is -1.23. The summed E-state index contributed by atoms with van der Waals surface area (Å²) in [7, 11) is 0. The van der Waals surface area contributed by atoms with Gasteiger partial charge in [-0.05, 0) is 6.42 Å². The van der Waals surface area contributed by atoms with Gasteiger partial charge >= 0.3 is 0 Å². The summed E-state index contributed by atoms with van der Waals surface area (Å²) in [6, 6.07) is -0.225. The highest BCUT2D eigenvalue weighted by Gasteiger charge is 2.44. The van der Waals surface area contributed by atoms with Crippen LogP contribution in [0.4, 0.5) is 0 Å². The molecule has 3 aliphatic rings. The first kappa shape index (κ1) is 54.2. The molecule has 2 saturated heterocycles. The molecule has 3 rings (SSSR count). The van der Waals surface area contributed by atoms with Crippen molar-refractivity contribution < 1.29 is 98.2 Å². The number of Topliss-reactive ketones (excluding diaryl/α,β-unsaturated/α-hetero) is 1. The van der Waals surface area contributed by atoms with Gasteiger partial charge in [0, 0.05) is 42.7 Å². The van der Waals surface area contributed by atoms with Gasteiger partial charge in [-0.25, -0.2) is 0 Å². The quantitative estimate of drug-likeness (QED) is 0.0343. The minimum absolute atomic E-state index is 0.109. The minimum atomic E-state index is -1.32. The number of amides is 2. The molecule has 362 valence electrons. The molecule has 0 radical (unpaired) electrons. The molecule has 23 nitrogen and oxygen atoms in total. The number of carbonyl (C=O) groups is 3. The molecule has 16 atom stereocenters. The fraction of sp³-hybridized carbons (Fsp3) is 0.923. The highest BCUT2D eigenvalue weighted by Crippen LogP contribution is 2.32. The number of aliphatic hydroxyl groups excluding tert-OH is 9. The fourth-order valence-corrected chi connectivity index (χ4v) is 7.48. The molecule has 1 aliphatic carbocycles. The van der Waals surface area contributed by atoms with Gasteiger partial charge in [-0.2, -0.15) is 0 Å². The molecular formula is C39H71N3O20. The summed E-state index contributed by atoms with van der Waals surface area (Å²) in [6.07, 6.45) is -11.8. The van der Waals surface area contributed by atoms with Crippen LogP contribution < -0.4 is 16.0 Å². The number of ketones is 1. The number of rotatable bonds is 27. The summed E-state index contributed by atoms with van der Waals surface area (Å²) in [5, 5.41) is 98.1. The Morgan fingerprint density at radius 2 is 1.10 bits per heavy atom. The molecule has 23 heteroatoms. The van der Waals surface area contributed by atoms with E-state index in [9.17, 15) is 60.3 Å². The number of carbonyl (C=O) groups excluding carboxylic acids is 3. The second-order valence-corrected chi connectivity index (χ2v) is 16.7. The normalized spacial score (nSPS) is 35.0. The molecule has 62 heavy (non-hydrogen) atoms. The number of aliphatic hydroxyl groups is 9. The maximum absolute atomic E-state index is 12.9. The Morgan fingerprint density at radius 3 is 1.58 bits per heavy atom. The van der Waals surface area contributed by atoms with Gasteiger partial charge < -0.3 is 99.8 Å². The first-order valence-corrected chi connectivity index (χ1v) is 21.0. The maximum Gasteiger partial charge on any atom is 0.247 e. The Balaban J connectivity index is 1.56. The Morgan fingerprint density at radius 1 is 0.629 bits per heavy atom. The van der Waals surface area contributed by atoms with Crippen molar-refractivity contribution in [2.24, 2.45) is 23.7 Å². The van der Waals surface area contributed by atoms with E-state index in [4.69, 9.17) is 37.9 Å². The van der Waals surface area contributed by atoms with Crippen LogP contribution in [0.1, 0.15) is 47.5 Å². The van der Waals surface area contributed by atoms with Gasteiger partial charge in [-0.1, -0.05) is 34.6 Å². The van der Waals surface area contributed by atoms with Crippen LogP contribution in [0.2, 0.25) is 0 Å². The third-order valence-electron chi connectivity index (χ3n) is 11.3. The predicted molar refractivity (Wildman–Crippen MR) is 211 cm³/mol. The fourth-order valence-electron chi connectivity index (χ4n) is 7.48. The van der Waals surface area contributed by atoms with Crippen LogP contribution in [0.25, 0.3) is 0 Å². The molecule has 2 heterocycles. The molecular weight excluding hydrogens is 830 g/mol. The van der Waals surface area contributed by atoms with Gasteiger partial charge in [0.15, 0.2) is 18.4 Å². The van der Waals surface area contributed by atoms with E-state index in [-0.39, 0.29) is 77.8 Å². The van der Waals surface area contributed by atoms with Crippen molar-refractivity contribution in [3.8, 4) is 0 Å². The van der Waals surface area contributed by atoms with Crippen molar-refractivity contribution >= 4 is 17.6 Å². The minimum Gasteiger partial charge on any atom is -0.396 e. The molecule has 12 N–H and O–H groups in total. The van der Waals surface area contributed by atoms with Crippen LogP contribution in [0.3, 0.4) is 0 Å². The summed E-state index contributed by atoms with van der Waals surface area (Å²) >= 11 is 0. The molecule has 0 bridgehead atoms. The molecule has 3 fully saturated rings. The predicted octanol–water partition coefficient (Wildman–Crippen LogP) is -5.18. The van der Waals surface area contributed by atoms with Crippen molar-refractivity contribution in [2.75, 3.05) is 79.5 Å². The van der Waals surface area contributed by atoms with Crippen molar-refractivity contribution in [1.29, 1.82) is 0 Å². The largest absolute Gasteiger partial charge is 0.396 e. The van der Waals surface area contributed by atoms with E-state index >= 15 is 0 Å². The van der Waals surface area contributed by atoms with Gasteiger partial charge in [0.05, 0.1) is 75.7 Å². The average molecular weight is 902 g/mol. The van der Waals surface area contributed by atoms with Crippen molar-refractivity contribution in [3.63, 3.8) is 0 Å². The molecule has 7 unspecified atom stereocenters. The summed E-state index contributed by atoms with van der Waals surface area (Å²) in [4.78, 5) is 38.4. The smallest absolute Gasteiger partial charge is 0.247 e. The van der Waals surface area contributed by atoms with Gasteiger partial charge in [0.25, 0.3) is 0 Å². The number of nitrogens with one attached hydrogen (secondary N) is 3. The Labute approximate surface area is 361 Å². The molecule has 0 aromatic rings. The molecule has 1 saturated carbocycles. The summed E-state index contributed by atoms with van der Waals surface area (Å²) in [6.45, 7) is 4.43. The zero-order valence-electron chi connectivity index (χ0n) is 36.2. The lowest BCUT2D eigenvalue weighted by molar-refractivity contribution is -0.283. The number of ether oxygens (including phenoxy) is 8. The monoisotopic (exact) mass is 901 g/mol. The van der Waals surface area contributed by atoms with E-state index < -0.39 is 135 Å². The molecule has 0 aromatic carbocycles. The van der Waals surface area contributed by atoms with Crippen molar-refractivity contribution in [3.05, 3.63) is 0 Å². The highest BCUT2D eigenvalue weighted by molar-refractivity contribution is 5.79. The number of hydrogen-bond donors (Lipinski definition) is 12. The first-order valence-electron chi connectivity index (χ1n) is 21.0. The van der Waals surface area contributed by atoms with E-state index in [1.54, 1.807) is 20.8 Å². The molecule has 2 amide bonds. The van der Waals surface area contributed by atoms with E-state index in [0.29, 0.717) is 0 Å². The SMILES string of the molecule is CC(C)NC(COCC(=O)CCO[C@@H]1OC(CO)[C@H](O)[C@H](O)C1C)(COCC(=O)NCO[C@@H]1OC(CO)[C@H](O)[C@H](O)C1C)COCC(=O)NCO[C@@H]1CC(CO)[C@H](O)[C@H](O)C1C. The number of hydrogen-bond acceptors (Lipinski definition) is 21. The van der Waals surface area contributed by atoms with Gasteiger partial charge in [0.1, 0.15) is 57.7 Å².